The normalized spacial score (nSPS) is 18.0. The van der Waals surface area contributed by atoms with Gasteiger partial charge in [0.25, 0.3) is 0 Å². The van der Waals surface area contributed by atoms with E-state index in [4.69, 9.17) is 4.74 Å². The van der Waals surface area contributed by atoms with E-state index in [1.165, 1.54) is 37.6 Å². The molecule has 0 amide bonds. The highest BCUT2D eigenvalue weighted by molar-refractivity contribution is 6.32. The molecule has 0 heterocycles. The molecule has 0 radical (unpaired) electrons. The van der Waals surface area contributed by atoms with E-state index in [1.807, 2.05) is 0 Å². The Hall–Kier alpha value is -0.915. The molecule has 0 N–H and O–H groups in total. The SMILES string of the molecule is Bc1ccc(OC2CCCCC2)cc1. The average molecular weight is 188 g/mol. The number of benzene rings is 1. The zero-order valence-electron chi connectivity index (χ0n) is 8.83. The molecule has 0 unspecified atom stereocenters. The van der Waals surface area contributed by atoms with Crippen molar-refractivity contribution in [2.24, 2.45) is 0 Å². The van der Waals surface area contributed by atoms with Crippen LogP contribution < -0.4 is 10.2 Å². The molecule has 2 rings (SSSR count). The first-order chi connectivity index (χ1) is 6.84. The van der Waals surface area contributed by atoms with Gasteiger partial charge < -0.3 is 4.74 Å². The third kappa shape index (κ3) is 2.54. The Morgan fingerprint density at radius 3 is 2.29 bits per heavy atom. The molecule has 0 spiro atoms. The minimum Gasteiger partial charge on any atom is -0.490 e. The Balaban J connectivity index is 1.92. The van der Waals surface area contributed by atoms with Gasteiger partial charge in [-0.1, -0.05) is 24.0 Å². The maximum Gasteiger partial charge on any atom is 0.139 e. The van der Waals surface area contributed by atoms with Crippen molar-refractivity contribution >= 4 is 13.3 Å². The van der Waals surface area contributed by atoms with E-state index in [-0.39, 0.29) is 0 Å². The van der Waals surface area contributed by atoms with Crippen LogP contribution in [-0.2, 0) is 0 Å². The van der Waals surface area contributed by atoms with Crippen LogP contribution >= 0.6 is 0 Å². The monoisotopic (exact) mass is 188 g/mol. The zero-order valence-corrected chi connectivity index (χ0v) is 8.83. The van der Waals surface area contributed by atoms with E-state index < -0.39 is 0 Å². The molecule has 0 bridgehead atoms. The van der Waals surface area contributed by atoms with E-state index in [1.54, 1.807) is 0 Å². The van der Waals surface area contributed by atoms with Gasteiger partial charge in [0.2, 0.25) is 0 Å². The lowest BCUT2D eigenvalue weighted by molar-refractivity contribution is 0.155. The molecule has 74 valence electrons. The third-order valence-electron chi connectivity index (χ3n) is 2.88. The van der Waals surface area contributed by atoms with E-state index in [2.05, 4.69) is 32.1 Å². The van der Waals surface area contributed by atoms with Gasteiger partial charge in [-0.3, -0.25) is 0 Å². The fourth-order valence-electron chi connectivity index (χ4n) is 1.99. The summed E-state index contributed by atoms with van der Waals surface area (Å²) in [7, 11) is 2.10. The number of ether oxygens (including phenoxy) is 1. The van der Waals surface area contributed by atoms with Gasteiger partial charge in [-0.15, -0.1) is 0 Å². The summed E-state index contributed by atoms with van der Waals surface area (Å²) in [5, 5.41) is 0. The summed E-state index contributed by atoms with van der Waals surface area (Å²) >= 11 is 0. The molecule has 2 heteroatoms. The predicted octanol–water partition coefficient (Wildman–Crippen LogP) is 1.66. The number of rotatable bonds is 2. The molecule has 1 saturated carbocycles. The van der Waals surface area contributed by atoms with Crippen LogP contribution in [0.1, 0.15) is 32.1 Å². The molecule has 1 nitrogen and oxygen atoms in total. The van der Waals surface area contributed by atoms with Crippen molar-refractivity contribution in [1.82, 2.24) is 0 Å². The van der Waals surface area contributed by atoms with Crippen molar-refractivity contribution < 1.29 is 4.74 Å². The largest absolute Gasteiger partial charge is 0.490 e. The number of hydrogen-bond acceptors (Lipinski definition) is 1. The van der Waals surface area contributed by atoms with Crippen LogP contribution in [0.2, 0.25) is 0 Å². The molecular formula is C12H17BO. The highest BCUT2D eigenvalue weighted by Crippen LogP contribution is 2.22. The summed E-state index contributed by atoms with van der Waals surface area (Å²) in [5.74, 6) is 1.03. The molecule has 0 aromatic heterocycles. The summed E-state index contributed by atoms with van der Waals surface area (Å²) < 4.78 is 5.91. The van der Waals surface area contributed by atoms with Crippen molar-refractivity contribution in [3.63, 3.8) is 0 Å². The van der Waals surface area contributed by atoms with Crippen molar-refractivity contribution in [1.29, 1.82) is 0 Å². The van der Waals surface area contributed by atoms with Crippen LogP contribution in [0.15, 0.2) is 24.3 Å². The molecule has 14 heavy (non-hydrogen) atoms. The summed E-state index contributed by atoms with van der Waals surface area (Å²) in [4.78, 5) is 0. The average Bonchev–Trinajstić information content (AvgIpc) is 2.23. The van der Waals surface area contributed by atoms with Crippen molar-refractivity contribution in [3.8, 4) is 5.75 Å². The molecule has 1 aromatic rings. The van der Waals surface area contributed by atoms with Crippen molar-refractivity contribution in [2.45, 2.75) is 38.2 Å². The third-order valence-corrected chi connectivity index (χ3v) is 2.88. The van der Waals surface area contributed by atoms with Crippen LogP contribution in [0.5, 0.6) is 5.75 Å². The highest BCUT2D eigenvalue weighted by Gasteiger charge is 2.14. The molecule has 1 aliphatic carbocycles. The van der Waals surface area contributed by atoms with Gasteiger partial charge >= 0.3 is 0 Å². The van der Waals surface area contributed by atoms with Crippen LogP contribution in [-0.4, -0.2) is 14.0 Å². The Kier molecular flexibility index (Phi) is 3.12. The Morgan fingerprint density at radius 2 is 1.64 bits per heavy atom. The summed E-state index contributed by atoms with van der Waals surface area (Å²) in [6.45, 7) is 0. The summed E-state index contributed by atoms with van der Waals surface area (Å²) in [5.41, 5.74) is 1.29. The van der Waals surface area contributed by atoms with Crippen LogP contribution in [0.4, 0.5) is 0 Å². The Morgan fingerprint density at radius 1 is 1.00 bits per heavy atom. The standard InChI is InChI=1S/C12H17BO/c13-10-6-8-12(9-7-10)14-11-4-2-1-3-5-11/h6-9,11H,1-5,13H2. The zero-order chi connectivity index (χ0) is 9.80. The van der Waals surface area contributed by atoms with Crippen LogP contribution in [0.25, 0.3) is 0 Å². The van der Waals surface area contributed by atoms with E-state index in [9.17, 15) is 0 Å². The van der Waals surface area contributed by atoms with E-state index >= 15 is 0 Å². The highest BCUT2D eigenvalue weighted by atomic mass is 16.5. The van der Waals surface area contributed by atoms with E-state index in [0.717, 1.165) is 5.75 Å². The van der Waals surface area contributed by atoms with Crippen LogP contribution in [0.3, 0.4) is 0 Å². The van der Waals surface area contributed by atoms with Gasteiger partial charge in [-0.05, 0) is 37.8 Å². The fraction of sp³-hybridized carbons (Fsp3) is 0.500. The van der Waals surface area contributed by atoms with Gasteiger partial charge in [-0.25, -0.2) is 0 Å². The summed E-state index contributed by atoms with van der Waals surface area (Å²) in [6.07, 6.45) is 6.97. The minimum absolute atomic E-state index is 0.464. The Bertz CT molecular complexity index is 275. The fourth-order valence-corrected chi connectivity index (χ4v) is 1.99. The molecule has 1 aromatic carbocycles. The van der Waals surface area contributed by atoms with Gasteiger partial charge in [0.1, 0.15) is 13.6 Å². The van der Waals surface area contributed by atoms with Gasteiger partial charge in [-0.2, -0.15) is 0 Å². The second-order valence-corrected chi connectivity index (χ2v) is 4.19. The Labute approximate surface area is 86.9 Å². The second kappa shape index (κ2) is 4.54. The first-order valence-corrected chi connectivity index (χ1v) is 5.58. The molecule has 1 fully saturated rings. The topological polar surface area (TPSA) is 9.23 Å². The maximum atomic E-state index is 5.91. The lowest BCUT2D eigenvalue weighted by Crippen LogP contribution is -2.19. The lowest BCUT2D eigenvalue weighted by Gasteiger charge is -2.22. The molecule has 0 atom stereocenters. The first-order valence-electron chi connectivity index (χ1n) is 5.58. The molecule has 0 saturated heterocycles. The number of hydrogen-bond donors (Lipinski definition) is 0. The van der Waals surface area contributed by atoms with Gasteiger partial charge in [0.15, 0.2) is 0 Å². The lowest BCUT2D eigenvalue weighted by atomic mass is 9.96. The van der Waals surface area contributed by atoms with Gasteiger partial charge in [0, 0.05) is 0 Å². The minimum atomic E-state index is 0.464. The van der Waals surface area contributed by atoms with E-state index in [0.29, 0.717) is 6.10 Å². The molecule has 1 aliphatic rings. The van der Waals surface area contributed by atoms with Crippen molar-refractivity contribution in [2.75, 3.05) is 0 Å². The smallest absolute Gasteiger partial charge is 0.139 e. The predicted molar refractivity (Wildman–Crippen MR) is 62.1 cm³/mol. The maximum absolute atomic E-state index is 5.91. The van der Waals surface area contributed by atoms with Crippen LogP contribution in [0, 0.1) is 0 Å². The quantitative estimate of drug-likeness (QED) is 0.641. The van der Waals surface area contributed by atoms with Gasteiger partial charge in [0.05, 0.1) is 6.10 Å². The van der Waals surface area contributed by atoms with Crippen molar-refractivity contribution in [3.05, 3.63) is 24.3 Å². The molecule has 0 aliphatic heterocycles. The second-order valence-electron chi connectivity index (χ2n) is 4.19. The molecular weight excluding hydrogens is 171 g/mol. The summed E-state index contributed by atoms with van der Waals surface area (Å²) in [6, 6.07) is 8.37. The first kappa shape index (κ1) is 9.63.